The third kappa shape index (κ3) is 4.62. The first-order valence-electron chi connectivity index (χ1n) is 12.7. The van der Waals surface area contributed by atoms with Gasteiger partial charge in [0.15, 0.2) is 0 Å². The number of anilines is 3. The van der Waals surface area contributed by atoms with Crippen LogP contribution in [0.2, 0.25) is 0 Å². The molecule has 0 N–H and O–H groups in total. The molecule has 0 aliphatic rings. The number of para-hydroxylation sites is 1. The maximum atomic E-state index is 13.7. The fourth-order valence-corrected chi connectivity index (χ4v) is 4.89. The lowest BCUT2D eigenvalue weighted by atomic mass is 10.0. The van der Waals surface area contributed by atoms with Crippen molar-refractivity contribution < 1.29 is 4.39 Å². The van der Waals surface area contributed by atoms with Crippen LogP contribution in [-0.4, -0.2) is 4.57 Å². The van der Waals surface area contributed by atoms with Crippen LogP contribution in [0.15, 0.2) is 140 Å². The highest BCUT2D eigenvalue weighted by Gasteiger charge is 2.13. The number of rotatable bonds is 6. The van der Waals surface area contributed by atoms with E-state index in [0.717, 1.165) is 39.4 Å². The monoisotopic (exact) mass is 494 g/mol. The summed E-state index contributed by atoms with van der Waals surface area (Å²) in [4.78, 5) is 2.14. The van der Waals surface area contributed by atoms with Crippen LogP contribution in [0.5, 0.6) is 0 Å². The fraction of sp³-hybridized carbons (Fsp3) is 0.0286. The third-order valence-corrected chi connectivity index (χ3v) is 6.80. The molecule has 1 aromatic heterocycles. The summed E-state index contributed by atoms with van der Waals surface area (Å²) < 4.78 is 15.9. The Labute approximate surface area is 222 Å². The lowest BCUT2D eigenvalue weighted by molar-refractivity contribution is 0.628. The molecule has 1 heterocycles. The minimum absolute atomic E-state index is 0.246. The van der Waals surface area contributed by atoms with Crippen LogP contribution in [0.3, 0.4) is 0 Å². The molecule has 6 rings (SSSR count). The van der Waals surface area contributed by atoms with Crippen LogP contribution in [0.1, 0.15) is 12.5 Å². The number of fused-ring (bicyclic) bond motifs is 1. The van der Waals surface area contributed by atoms with Gasteiger partial charge in [0.2, 0.25) is 0 Å². The zero-order valence-electron chi connectivity index (χ0n) is 21.1. The van der Waals surface area contributed by atoms with Gasteiger partial charge < -0.3 is 9.47 Å². The van der Waals surface area contributed by atoms with Crippen LogP contribution >= 0.6 is 0 Å². The highest BCUT2D eigenvalue weighted by Crippen LogP contribution is 2.36. The van der Waals surface area contributed by atoms with Gasteiger partial charge in [-0.3, -0.25) is 0 Å². The smallest absolute Gasteiger partial charge is 0.123 e. The summed E-state index contributed by atoms with van der Waals surface area (Å²) in [5.41, 5.74) is 8.69. The maximum absolute atomic E-state index is 13.7. The first-order chi connectivity index (χ1) is 18.7. The van der Waals surface area contributed by atoms with Crippen molar-refractivity contribution in [2.24, 2.45) is 0 Å². The standard InChI is InChI=1S/C35H27FN2/c1-2-5-26-8-16-32(17-9-26)38(34-22-14-30(36)15-23-34)33-20-12-28(13-21-33)27-10-18-31(19-11-27)37-25-24-29-6-3-4-7-35(29)37/h2-25H,1H3. The third-order valence-electron chi connectivity index (χ3n) is 6.80. The first-order valence-corrected chi connectivity index (χ1v) is 12.7. The van der Waals surface area contributed by atoms with Gasteiger partial charge in [-0.15, -0.1) is 0 Å². The van der Waals surface area contributed by atoms with Crippen LogP contribution < -0.4 is 4.90 Å². The molecule has 6 aromatic rings. The molecule has 0 saturated heterocycles. The maximum Gasteiger partial charge on any atom is 0.123 e. The molecule has 0 amide bonds. The summed E-state index contributed by atoms with van der Waals surface area (Å²) in [5, 5.41) is 1.23. The zero-order chi connectivity index (χ0) is 25.9. The lowest BCUT2D eigenvalue weighted by Gasteiger charge is -2.26. The molecule has 0 unspecified atom stereocenters. The Morgan fingerprint density at radius 2 is 1.16 bits per heavy atom. The number of benzene rings is 5. The number of hydrogen-bond acceptors (Lipinski definition) is 1. The van der Waals surface area contributed by atoms with E-state index >= 15 is 0 Å². The van der Waals surface area contributed by atoms with E-state index in [1.807, 2.05) is 25.1 Å². The molecule has 184 valence electrons. The van der Waals surface area contributed by atoms with E-state index in [0.29, 0.717) is 0 Å². The highest BCUT2D eigenvalue weighted by molar-refractivity contribution is 5.82. The van der Waals surface area contributed by atoms with Gasteiger partial charge >= 0.3 is 0 Å². The molecular weight excluding hydrogens is 467 g/mol. The van der Waals surface area contributed by atoms with Crippen molar-refractivity contribution in [1.82, 2.24) is 4.57 Å². The molecule has 2 nitrogen and oxygen atoms in total. The van der Waals surface area contributed by atoms with Crippen molar-refractivity contribution in [3.63, 3.8) is 0 Å². The van der Waals surface area contributed by atoms with Crippen molar-refractivity contribution in [2.75, 3.05) is 4.90 Å². The molecule has 0 bridgehead atoms. The largest absolute Gasteiger partial charge is 0.317 e. The van der Waals surface area contributed by atoms with Gasteiger partial charge in [0.25, 0.3) is 0 Å². The Bertz CT molecular complexity index is 1690. The van der Waals surface area contributed by atoms with Crippen molar-refractivity contribution in [2.45, 2.75) is 6.92 Å². The Balaban J connectivity index is 1.31. The van der Waals surface area contributed by atoms with Gasteiger partial charge in [-0.1, -0.05) is 66.7 Å². The van der Waals surface area contributed by atoms with E-state index < -0.39 is 0 Å². The number of halogens is 1. The number of aromatic nitrogens is 1. The highest BCUT2D eigenvalue weighted by atomic mass is 19.1. The van der Waals surface area contributed by atoms with E-state index in [9.17, 15) is 4.39 Å². The van der Waals surface area contributed by atoms with E-state index in [1.165, 1.54) is 23.0 Å². The summed E-state index contributed by atoms with van der Waals surface area (Å²) in [7, 11) is 0. The molecule has 0 atom stereocenters. The van der Waals surface area contributed by atoms with E-state index in [4.69, 9.17) is 0 Å². The van der Waals surface area contributed by atoms with Gasteiger partial charge in [0, 0.05) is 28.9 Å². The van der Waals surface area contributed by atoms with Gasteiger partial charge in [-0.25, -0.2) is 4.39 Å². The molecule has 0 aliphatic heterocycles. The van der Waals surface area contributed by atoms with Gasteiger partial charge in [0.1, 0.15) is 5.82 Å². The van der Waals surface area contributed by atoms with E-state index in [1.54, 1.807) is 0 Å². The fourth-order valence-electron chi connectivity index (χ4n) is 4.89. The normalized spacial score (nSPS) is 11.3. The number of hydrogen-bond donors (Lipinski definition) is 0. The average Bonchev–Trinajstić information content (AvgIpc) is 3.40. The quantitative estimate of drug-likeness (QED) is 0.224. The summed E-state index contributed by atoms with van der Waals surface area (Å²) in [6.45, 7) is 2.01. The molecule has 0 aliphatic carbocycles. The Hall–Kier alpha value is -4.89. The van der Waals surface area contributed by atoms with Crippen LogP contribution in [0, 0.1) is 5.82 Å². The van der Waals surface area contributed by atoms with Crippen LogP contribution in [0.25, 0.3) is 33.8 Å². The molecule has 0 saturated carbocycles. The SMILES string of the molecule is CC=Cc1ccc(N(c2ccc(F)cc2)c2ccc(-c3ccc(-n4ccc5ccccc54)cc3)cc2)cc1. The van der Waals surface area contributed by atoms with Crippen molar-refractivity contribution in [3.05, 3.63) is 151 Å². The molecular formula is C35H27FN2. The van der Waals surface area contributed by atoms with Crippen LogP contribution in [0.4, 0.5) is 21.5 Å². The predicted octanol–water partition coefficient (Wildman–Crippen LogP) is 9.94. The molecule has 0 spiro atoms. The molecule has 5 aromatic carbocycles. The first kappa shape index (κ1) is 23.5. The van der Waals surface area contributed by atoms with Gasteiger partial charge in [0.05, 0.1) is 5.52 Å². The second-order valence-electron chi connectivity index (χ2n) is 9.24. The summed E-state index contributed by atoms with van der Waals surface area (Å²) in [5.74, 6) is -0.246. The summed E-state index contributed by atoms with van der Waals surface area (Å²) >= 11 is 0. The summed E-state index contributed by atoms with van der Waals surface area (Å²) in [6, 6.07) is 42.7. The minimum atomic E-state index is -0.246. The van der Waals surface area contributed by atoms with Crippen molar-refractivity contribution in [3.8, 4) is 16.8 Å². The molecule has 38 heavy (non-hydrogen) atoms. The number of nitrogens with zero attached hydrogens (tertiary/aromatic N) is 2. The van der Waals surface area contributed by atoms with E-state index in [-0.39, 0.29) is 5.82 Å². The second-order valence-corrected chi connectivity index (χ2v) is 9.24. The Morgan fingerprint density at radius 1 is 0.605 bits per heavy atom. The Morgan fingerprint density at radius 3 is 1.79 bits per heavy atom. The average molecular weight is 495 g/mol. The minimum Gasteiger partial charge on any atom is -0.317 e. The molecule has 0 fully saturated rings. The van der Waals surface area contributed by atoms with Gasteiger partial charge in [-0.05, 0) is 102 Å². The predicted molar refractivity (Wildman–Crippen MR) is 158 cm³/mol. The Kier molecular flexibility index (Phi) is 6.33. The van der Waals surface area contributed by atoms with Gasteiger partial charge in [-0.2, -0.15) is 0 Å². The van der Waals surface area contributed by atoms with E-state index in [2.05, 4.69) is 125 Å². The van der Waals surface area contributed by atoms with Crippen molar-refractivity contribution in [1.29, 1.82) is 0 Å². The number of allylic oxidation sites excluding steroid dienone is 1. The zero-order valence-corrected chi connectivity index (χ0v) is 21.1. The van der Waals surface area contributed by atoms with Crippen molar-refractivity contribution >= 4 is 34.0 Å². The summed E-state index contributed by atoms with van der Waals surface area (Å²) in [6.07, 6.45) is 6.22. The lowest BCUT2D eigenvalue weighted by Crippen LogP contribution is -2.09. The van der Waals surface area contributed by atoms with Crippen LogP contribution in [-0.2, 0) is 0 Å². The molecule has 0 radical (unpaired) electrons. The second kappa shape index (κ2) is 10.2. The molecule has 3 heteroatoms. The topological polar surface area (TPSA) is 8.17 Å².